The quantitative estimate of drug-likeness (QED) is 0.359. The molecule has 0 unspecified atom stereocenters. The van der Waals surface area contributed by atoms with Gasteiger partial charge in [0.1, 0.15) is 17.1 Å². The van der Waals surface area contributed by atoms with Crippen LogP contribution in [0.5, 0.6) is 11.5 Å². The van der Waals surface area contributed by atoms with Crippen molar-refractivity contribution in [3.63, 3.8) is 0 Å². The molecule has 0 aliphatic rings. The largest absolute Gasteiger partial charge is 0.497 e. The standard InChI is InChI=1S/C27H26N2O4/c1-4-32-25-15-26-23(24(17-33-26)19-8-7-10-21(13-19)31-3)14-22(25)18(2)12-27(30)29-16-20-9-5-6-11-28-20/h5-15,17H,4,16H2,1-3H3,(H,29,30)/b18-12+. The van der Waals surface area contributed by atoms with Crippen molar-refractivity contribution in [1.82, 2.24) is 10.3 Å². The minimum atomic E-state index is -0.194. The normalized spacial score (nSPS) is 11.4. The first-order chi connectivity index (χ1) is 16.1. The summed E-state index contributed by atoms with van der Waals surface area (Å²) < 4.78 is 17.1. The van der Waals surface area contributed by atoms with Crippen molar-refractivity contribution in [2.75, 3.05) is 13.7 Å². The zero-order chi connectivity index (χ0) is 23.2. The first-order valence-corrected chi connectivity index (χ1v) is 10.8. The maximum atomic E-state index is 12.6. The maximum Gasteiger partial charge on any atom is 0.244 e. The van der Waals surface area contributed by atoms with Gasteiger partial charge in [-0.2, -0.15) is 0 Å². The molecule has 0 saturated carbocycles. The highest BCUT2D eigenvalue weighted by Gasteiger charge is 2.15. The summed E-state index contributed by atoms with van der Waals surface area (Å²) in [6.45, 7) is 4.69. The lowest BCUT2D eigenvalue weighted by atomic mass is 9.99. The fourth-order valence-corrected chi connectivity index (χ4v) is 3.66. The van der Waals surface area contributed by atoms with Crippen molar-refractivity contribution < 1.29 is 18.7 Å². The Bertz CT molecular complexity index is 1290. The number of carbonyl (C=O) groups excluding carboxylic acids is 1. The lowest BCUT2D eigenvalue weighted by Crippen LogP contribution is -2.21. The van der Waals surface area contributed by atoms with Gasteiger partial charge in [0.25, 0.3) is 0 Å². The Balaban J connectivity index is 1.67. The van der Waals surface area contributed by atoms with Crippen LogP contribution in [-0.4, -0.2) is 24.6 Å². The number of hydrogen-bond donors (Lipinski definition) is 1. The summed E-state index contributed by atoms with van der Waals surface area (Å²) in [4.78, 5) is 16.8. The summed E-state index contributed by atoms with van der Waals surface area (Å²) in [5, 5.41) is 3.82. The van der Waals surface area contributed by atoms with E-state index in [1.165, 1.54) is 0 Å². The van der Waals surface area contributed by atoms with Gasteiger partial charge in [0.15, 0.2) is 0 Å². The number of furan rings is 1. The van der Waals surface area contributed by atoms with Gasteiger partial charge in [0.2, 0.25) is 5.91 Å². The smallest absolute Gasteiger partial charge is 0.244 e. The van der Waals surface area contributed by atoms with E-state index in [1.54, 1.807) is 25.6 Å². The third-order valence-electron chi connectivity index (χ3n) is 5.30. The van der Waals surface area contributed by atoms with Crippen LogP contribution in [0.25, 0.3) is 27.7 Å². The summed E-state index contributed by atoms with van der Waals surface area (Å²) >= 11 is 0. The number of aromatic nitrogens is 1. The van der Waals surface area contributed by atoms with E-state index in [1.807, 2.05) is 68.4 Å². The Hall–Kier alpha value is -4.06. The van der Waals surface area contributed by atoms with Crippen LogP contribution >= 0.6 is 0 Å². The van der Waals surface area contributed by atoms with E-state index < -0.39 is 0 Å². The maximum absolute atomic E-state index is 12.6. The van der Waals surface area contributed by atoms with Crippen LogP contribution in [0.2, 0.25) is 0 Å². The van der Waals surface area contributed by atoms with E-state index in [0.29, 0.717) is 24.5 Å². The number of pyridine rings is 1. The average molecular weight is 443 g/mol. The summed E-state index contributed by atoms with van der Waals surface area (Å²) in [5.41, 5.74) is 5.07. The van der Waals surface area contributed by atoms with Gasteiger partial charge in [-0.05, 0) is 55.3 Å². The number of carbonyl (C=O) groups is 1. The number of hydrogen-bond acceptors (Lipinski definition) is 5. The van der Waals surface area contributed by atoms with Crippen LogP contribution in [0.15, 0.2) is 77.6 Å². The second-order valence-corrected chi connectivity index (χ2v) is 7.53. The molecule has 4 aromatic rings. The molecular formula is C27H26N2O4. The van der Waals surface area contributed by atoms with Crippen molar-refractivity contribution in [3.8, 4) is 22.6 Å². The predicted molar refractivity (Wildman–Crippen MR) is 129 cm³/mol. The van der Waals surface area contributed by atoms with E-state index in [4.69, 9.17) is 13.9 Å². The monoisotopic (exact) mass is 442 g/mol. The number of nitrogens with zero attached hydrogens (tertiary/aromatic N) is 1. The SMILES string of the molecule is CCOc1cc2occ(-c3cccc(OC)c3)c2cc1/C(C)=C/C(=O)NCc1ccccn1. The topological polar surface area (TPSA) is 73.6 Å². The van der Waals surface area contributed by atoms with Crippen LogP contribution in [0.3, 0.4) is 0 Å². The zero-order valence-corrected chi connectivity index (χ0v) is 18.9. The highest BCUT2D eigenvalue weighted by molar-refractivity contribution is 6.00. The van der Waals surface area contributed by atoms with Gasteiger partial charge >= 0.3 is 0 Å². The lowest BCUT2D eigenvalue weighted by Gasteiger charge is -2.12. The fourth-order valence-electron chi connectivity index (χ4n) is 3.66. The molecule has 0 saturated heterocycles. The van der Waals surface area contributed by atoms with Crippen LogP contribution in [0.4, 0.5) is 0 Å². The van der Waals surface area contributed by atoms with Gasteiger partial charge in [-0.3, -0.25) is 9.78 Å². The van der Waals surface area contributed by atoms with Gasteiger partial charge in [-0.15, -0.1) is 0 Å². The fraction of sp³-hybridized carbons (Fsp3) is 0.185. The summed E-state index contributed by atoms with van der Waals surface area (Å²) in [7, 11) is 1.64. The van der Waals surface area contributed by atoms with Gasteiger partial charge in [0, 0.05) is 34.9 Å². The molecule has 0 atom stereocenters. The van der Waals surface area contributed by atoms with Gasteiger partial charge in [-0.25, -0.2) is 0 Å². The van der Waals surface area contributed by atoms with E-state index in [0.717, 1.165) is 39.1 Å². The molecule has 168 valence electrons. The third-order valence-corrected chi connectivity index (χ3v) is 5.30. The van der Waals surface area contributed by atoms with Crippen LogP contribution in [0.1, 0.15) is 25.1 Å². The minimum Gasteiger partial charge on any atom is -0.497 e. The highest BCUT2D eigenvalue weighted by Crippen LogP contribution is 2.38. The molecule has 1 amide bonds. The van der Waals surface area contributed by atoms with Gasteiger partial charge in [0.05, 0.1) is 32.2 Å². The molecule has 33 heavy (non-hydrogen) atoms. The molecule has 0 spiro atoms. The van der Waals surface area contributed by atoms with E-state index in [9.17, 15) is 4.79 Å². The van der Waals surface area contributed by atoms with E-state index in [2.05, 4.69) is 10.3 Å². The number of nitrogens with one attached hydrogen (secondary N) is 1. The molecule has 2 heterocycles. The number of allylic oxidation sites excluding steroid dienone is 1. The van der Waals surface area contributed by atoms with Crippen molar-refractivity contribution in [2.45, 2.75) is 20.4 Å². The Labute approximate surface area is 192 Å². The Morgan fingerprint density at radius 2 is 2.03 bits per heavy atom. The molecule has 0 aliphatic carbocycles. The second kappa shape index (κ2) is 10.0. The molecule has 2 aromatic heterocycles. The number of benzene rings is 2. The lowest BCUT2D eigenvalue weighted by molar-refractivity contribution is -0.116. The van der Waals surface area contributed by atoms with Crippen LogP contribution in [0, 0.1) is 0 Å². The predicted octanol–water partition coefficient (Wildman–Crippen LogP) is 5.62. The molecule has 4 rings (SSSR count). The van der Waals surface area contributed by atoms with Crippen molar-refractivity contribution in [3.05, 3.63) is 84.4 Å². The third kappa shape index (κ3) is 5.06. The minimum absolute atomic E-state index is 0.194. The zero-order valence-electron chi connectivity index (χ0n) is 18.9. The van der Waals surface area contributed by atoms with E-state index in [-0.39, 0.29) is 5.91 Å². The number of fused-ring (bicyclic) bond motifs is 1. The number of rotatable bonds is 8. The molecule has 6 heteroatoms. The van der Waals surface area contributed by atoms with Crippen molar-refractivity contribution >= 4 is 22.4 Å². The molecule has 6 nitrogen and oxygen atoms in total. The average Bonchev–Trinajstić information content (AvgIpc) is 3.26. The molecule has 0 fully saturated rings. The summed E-state index contributed by atoms with van der Waals surface area (Å²) in [6.07, 6.45) is 5.02. The first kappa shape index (κ1) is 22.1. The Kier molecular flexibility index (Phi) is 6.74. The first-order valence-electron chi connectivity index (χ1n) is 10.8. The molecule has 0 radical (unpaired) electrons. The molecule has 0 aliphatic heterocycles. The number of ether oxygens (including phenoxy) is 2. The number of methoxy groups -OCH3 is 1. The Morgan fingerprint density at radius 3 is 2.79 bits per heavy atom. The summed E-state index contributed by atoms with van der Waals surface area (Å²) in [6, 6.07) is 17.3. The highest BCUT2D eigenvalue weighted by atomic mass is 16.5. The molecule has 2 aromatic carbocycles. The van der Waals surface area contributed by atoms with Gasteiger partial charge in [-0.1, -0.05) is 18.2 Å². The van der Waals surface area contributed by atoms with Crippen molar-refractivity contribution in [2.24, 2.45) is 0 Å². The van der Waals surface area contributed by atoms with Crippen molar-refractivity contribution in [1.29, 1.82) is 0 Å². The molecule has 0 bridgehead atoms. The molecular weight excluding hydrogens is 416 g/mol. The molecule has 1 N–H and O–H groups in total. The van der Waals surface area contributed by atoms with Gasteiger partial charge < -0.3 is 19.2 Å². The second-order valence-electron chi connectivity index (χ2n) is 7.53. The Morgan fingerprint density at radius 1 is 1.15 bits per heavy atom. The van der Waals surface area contributed by atoms with Crippen LogP contribution in [-0.2, 0) is 11.3 Å². The van der Waals surface area contributed by atoms with E-state index >= 15 is 0 Å². The van der Waals surface area contributed by atoms with Crippen LogP contribution < -0.4 is 14.8 Å². The summed E-state index contributed by atoms with van der Waals surface area (Å²) in [5.74, 6) is 1.25. The number of amides is 1.